The number of benzene rings is 1. The number of halogens is 1. The van der Waals surface area contributed by atoms with Crippen molar-refractivity contribution in [3.8, 4) is 5.75 Å². The molecule has 0 unspecified atom stereocenters. The molecule has 2 rings (SSSR count). The van der Waals surface area contributed by atoms with Crippen molar-refractivity contribution in [1.82, 2.24) is 5.32 Å². The lowest BCUT2D eigenvalue weighted by molar-refractivity contribution is 0.0718. The highest BCUT2D eigenvalue weighted by Crippen LogP contribution is 2.35. The van der Waals surface area contributed by atoms with E-state index in [4.69, 9.17) is 11.6 Å². The van der Waals surface area contributed by atoms with Gasteiger partial charge in [-0.1, -0.05) is 30.9 Å². The summed E-state index contributed by atoms with van der Waals surface area (Å²) in [6.45, 7) is 0.523. The highest BCUT2D eigenvalue weighted by atomic mass is 35.5. The molecule has 110 valence electrons. The summed E-state index contributed by atoms with van der Waals surface area (Å²) in [7, 11) is 0. The van der Waals surface area contributed by atoms with Gasteiger partial charge < -0.3 is 15.5 Å². The number of nitrogens with one attached hydrogen (secondary N) is 1. The summed E-state index contributed by atoms with van der Waals surface area (Å²) in [6.07, 6.45) is 5.22. The molecular formula is C15H20ClNO3. The molecule has 1 aliphatic carbocycles. The molecule has 1 fully saturated rings. The average molecular weight is 298 g/mol. The summed E-state index contributed by atoms with van der Waals surface area (Å²) < 4.78 is 0. The normalized spacial score (nSPS) is 17.7. The third-order valence-electron chi connectivity index (χ3n) is 4.07. The van der Waals surface area contributed by atoms with E-state index in [0.29, 0.717) is 11.6 Å². The number of aliphatic hydroxyl groups excluding tert-OH is 1. The summed E-state index contributed by atoms with van der Waals surface area (Å²) in [4.78, 5) is 12.1. The van der Waals surface area contributed by atoms with E-state index in [1.807, 2.05) is 0 Å². The average Bonchev–Trinajstić information content (AvgIpc) is 2.48. The van der Waals surface area contributed by atoms with Crippen LogP contribution in [0.2, 0.25) is 5.02 Å². The van der Waals surface area contributed by atoms with Gasteiger partial charge >= 0.3 is 0 Å². The molecule has 1 aromatic carbocycles. The number of amides is 1. The molecule has 1 aliphatic rings. The SMILES string of the molecule is O=C(NCC1(CO)CCCCC1)c1cc(O)ccc1Cl. The minimum atomic E-state index is -0.315. The van der Waals surface area contributed by atoms with Crippen LogP contribution in [0.5, 0.6) is 5.75 Å². The predicted octanol–water partition coefficient (Wildman–Crippen LogP) is 2.72. The zero-order valence-corrected chi connectivity index (χ0v) is 12.1. The second-order valence-electron chi connectivity index (χ2n) is 5.57. The lowest BCUT2D eigenvalue weighted by atomic mass is 9.74. The van der Waals surface area contributed by atoms with E-state index >= 15 is 0 Å². The van der Waals surface area contributed by atoms with E-state index in [9.17, 15) is 15.0 Å². The highest BCUT2D eigenvalue weighted by molar-refractivity contribution is 6.33. The van der Waals surface area contributed by atoms with E-state index < -0.39 is 0 Å². The Balaban J connectivity index is 2.02. The molecule has 0 aliphatic heterocycles. The number of phenolic OH excluding ortho intramolecular Hbond substituents is 1. The summed E-state index contributed by atoms with van der Waals surface area (Å²) in [6, 6.07) is 4.29. The highest BCUT2D eigenvalue weighted by Gasteiger charge is 2.31. The van der Waals surface area contributed by atoms with Gasteiger partial charge in [0.05, 0.1) is 17.2 Å². The van der Waals surface area contributed by atoms with E-state index in [2.05, 4.69) is 5.32 Å². The molecule has 0 radical (unpaired) electrons. The third kappa shape index (κ3) is 3.44. The van der Waals surface area contributed by atoms with Crippen molar-refractivity contribution >= 4 is 17.5 Å². The standard InChI is InChI=1S/C15H20ClNO3/c16-13-5-4-11(19)8-12(13)14(20)17-9-15(10-18)6-2-1-3-7-15/h4-5,8,18-19H,1-3,6-7,9-10H2,(H,17,20). The summed E-state index contributed by atoms with van der Waals surface area (Å²) in [5.41, 5.74) is 0.0487. The zero-order chi connectivity index (χ0) is 14.6. The van der Waals surface area contributed by atoms with Crippen LogP contribution < -0.4 is 5.32 Å². The van der Waals surface area contributed by atoms with Gasteiger partial charge in [-0.25, -0.2) is 0 Å². The Morgan fingerprint density at radius 2 is 2.00 bits per heavy atom. The van der Waals surface area contributed by atoms with Gasteiger partial charge in [0.2, 0.25) is 0 Å². The Labute approximate surface area is 123 Å². The molecule has 0 saturated heterocycles. The van der Waals surface area contributed by atoms with Crippen molar-refractivity contribution in [3.05, 3.63) is 28.8 Å². The second kappa shape index (κ2) is 6.46. The topological polar surface area (TPSA) is 69.6 Å². The fourth-order valence-corrected chi connectivity index (χ4v) is 2.95. The molecule has 0 atom stereocenters. The number of aromatic hydroxyl groups is 1. The van der Waals surface area contributed by atoms with Gasteiger partial charge in [-0.2, -0.15) is 0 Å². The summed E-state index contributed by atoms with van der Waals surface area (Å²) in [5.74, 6) is -0.307. The molecule has 4 nitrogen and oxygen atoms in total. The van der Waals surface area contributed by atoms with E-state index in [1.54, 1.807) is 0 Å². The number of phenols is 1. The Bertz CT molecular complexity index is 484. The molecule has 0 spiro atoms. The van der Waals surface area contributed by atoms with Crippen molar-refractivity contribution in [1.29, 1.82) is 0 Å². The molecule has 20 heavy (non-hydrogen) atoms. The van der Waals surface area contributed by atoms with Gasteiger partial charge in [0.1, 0.15) is 5.75 Å². The van der Waals surface area contributed by atoms with Gasteiger partial charge in [0.25, 0.3) is 5.91 Å². The number of carbonyl (C=O) groups is 1. The largest absolute Gasteiger partial charge is 0.508 e. The van der Waals surface area contributed by atoms with Gasteiger partial charge in [0.15, 0.2) is 0 Å². The van der Waals surface area contributed by atoms with Gasteiger partial charge in [0, 0.05) is 12.0 Å². The van der Waals surface area contributed by atoms with E-state index in [0.717, 1.165) is 25.7 Å². The van der Waals surface area contributed by atoms with Crippen LogP contribution in [0.25, 0.3) is 0 Å². The van der Waals surface area contributed by atoms with Crippen molar-refractivity contribution in [2.75, 3.05) is 13.2 Å². The maximum absolute atomic E-state index is 12.1. The molecular weight excluding hydrogens is 278 g/mol. The van der Waals surface area contributed by atoms with Crippen LogP contribution in [0.4, 0.5) is 0 Å². The first-order valence-electron chi connectivity index (χ1n) is 6.94. The lowest BCUT2D eigenvalue weighted by Crippen LogP contribution is -2.41. The Hall–Kier alpha value is -1.26. The Morgan fingerprint density at radius 3 is 2.65 bits per heavy atom. The fourth-order valence-electron chi connectivity index (χ4n) is 2.74. The molecule has 1 amide bonds. The van der Waals surface area contributed by atoms with Crippen LogP contribution in [0.1, 0.15) is 42.5 Å². The first-order valence-corrected chi connectivity index (χ1v) is 7.32. The molecule has 1 aromatic rings. The maximum atomic E-state index is 12.1. The van der Waals surface area contributed by atoms with E-state index in [-0.39, 0.29) is 29.2 Å². The quantitative estimate of drug-likeness (QED) is 0.800. The van der Waals surface area contributed by atoms with Crippen LogP contribution in [-0.2, 0) is 0 Å². The lowest BCUT2D eigenvalue weighted by Gasteiger charge is -2.35. The number of hydrogen-bond acceptors (Lipinski definition) is 3. The number of carbonyl (C=O) groups excluding carboxylic acids is 1. The Morgan fingerprint density at radius 1 is 1.30 bits per heavy atom. The molecule has 0 aromatic heterocycles. The van der Waals surface area contributed by atoms with Crippen LogP contribution in [-0.4, -0.2) is 29.3 Å². The summed E-state index contributed by atoms with van der Waals surface area (Å²) in [5, 5.41) is 22.2. The summed E-state index contributed by atoms with van der Waals surface area (Å²) >= 11 is 5.96. The van der Waals surface area contributed by atoms with Gasteiger partial charge in [-0.05, 0) is 31.0 Å². The second-order valence-corrected chi connectivity index (χ2v) is 5.97. The molecule has 3 N–H and O–H groups in total. The minimum Gasteiger partial charge on any atom is -0.508 e. The fraction of sp³-hybridized carbons (Fsp3) is 0.533. The zero-order valence-electron chi connectivity index (χ0n) is 11.4. The van der Waals surface area contributed by atoms with Gasteiger partial charge in [-0.3, -0.25) is 4.79 Å². The van der Waals surface area contributed by atoms with E-state index in [1.165, 1.54) is 24.6 Å². The number of rotatable bonds is 4. The first kappa shape index (κ1) is 15.1. The van der Waals surface area contributed by atoms with Crippen molar-refractivity contribution in [2.24, 2.45) is 5.41 Å². The molecule has 0 heterocycles. The van der Waals surface area contributed by atoms with Crippen LogP contribution in [0.3, 0.4) is 0 Å². The van der Waals surface area contributed by atoms with Crippen molar-refractivity contribution < 1.29 is 15.0 Å². The van der Waals surface area contributed by atoms with Crippen LogP contribution >= 0.6 is 11.6 Å². The molecule has 5 heteroatoms. The predicted molar refractivity (Wildman–Crippen MR) is 78.1 cm³/mol. The first-order chi connectivity index (χ1) is 9.56. The number of aliphatic hydroxyl groups is 1. The van der Waals surface area contributed by atoms with Gasteiger partial charge in [-0.15, -0.1) is 0 Å². The van der Waals surface area contributed by atoms with Crippen molar-refractivity contribution in [2.45, 2.75) is 32.1 Å². The maximum Gasteiger partial charge on any atom is 0.252 e. The minimum absolute atomic E-state index is 0.00841. The molecule has 0 bridgehead atoms. The van der Waals surface area contributed by atoms with Crippen LogP contribution in [0.15, 0.2) is 18.2 Å². The van der Waals surface area contributed by atoms with Crippen LogP contribution in [0, 0.1) is 5.41 Å². The molecule has 1 saturated carbocycles. The number of hydrogen-bond donors (Lipinski definition) is 3. The Kier molecular flexibility index (Phi) is 4.89. The van der Waals surface area contributed by atoms with Crippen molar-refractivity contribution in [3.63, 3.8) is 0 Å². The smallest absolute Gasteiger partial charge is 0.252 e. The monoisotopic (exact) mass is 297 g/mol. The third-order valence-corrected chi connectivity index (χ3v) is 4.40.